The zero-order valence-electron chi connectivity index (χ0n) is 9.58. The van der Waals surface area contributed by atoms with Crippen LogP contribution >= 0.6 is 0 Å². The van der Waals surface area contributed by atoms with Crippen molar-refractivity contribution in [3.8, 4) is 0 Å². The van der Waals surface area contributed by atoms with Gasteiger partial charge in [-0.15, -0.1) is 0 Å². The first-order valence-corrected chi connectivity index (χ1v) is 5.80. The van der Waals surface area contributed by atoms with E-state index in [9.17, 15) is 4.79 Å². The molecule has 0 spiro atoms. The van der Waals surface area contributed by atoms with Gasteiger partial charge in [-0.25, -0.2) is 0 Å². The molecule has 4 nitrogen and oxygen atoms in total. The zero-order valence-corrected chi connectivity index (χ0v) is 9.58. The SMILES string of the molecule is CCc1ccc(C(=O)NC2(CN)CCC2)o1. The van der Waals surface area contributed by atoms with E-state index in [1.807, 2.05) is 13.0 Å². The molecule has 1 heterocycles. The van der Waals surface area contributed by atoms with E-state index in [1.54, 1.807) is 6.07 Å². The Morgan fingerprint density at radius 1 is 1.56 bits per heavy atom. The summed E-state index contributed by atoms with van der Waals surface area (Å²) in [6, 6.07) is 3.56. The predicted molar refractivity (Wildman–Crippen MR) is 61.2 cm³/mol. The van der Waals surface area contributed by atoms with Crippen LogP contribution in [0.2, 0.25) is 0 Å². The summed E-state index contributed by atoms with van der Waals surface area (Å²) in [5.41, 5.74) is 5.50. The van der Waals surface area contributed by atoms with E-state index >= 15 is 0 Å². The Morgan fingerprint density at radius 2 is 2.31 bits per heavy atom. The Kier molecular flexibility index (Phi) is 3.01. The van der Waals surface area contributed by atoms with Gasteiger partial charge in [0.1, 0.15) is 5.76 Å². The van der Waals surface area contributed by atoms with Gasteiger partial charge in [-0.05, 0) is 31.4 Å². The maximum Gasteiger partial charge on any atom is 0.287 e. The summed E-state index contributed by atoms with van der Waals surface area (Å²) in [6.45, 7) is 2.49. The first-order valence-electron chi connectivity index (χ1n) is 5.80. The van der Waals surface area contributed by atoms with Crippen molar-refractivity contribution in [2.45, 2.75) is 38.1 Å². The molecule has 0 bridgehead atoms. The van der Waals surface area contributed by atoms with Gasteiger partial charge < -0.3 is 15.5 Å². The van der Waals surface area contributed by atoms with Gasteiger partial charge in [0.05, 0.1) is 5.54 Å². The first kappa shape index (κ1) is 11.2. The molecule has 0 aliphatic heterocycles. The largest absolute Gasteiger partial charge is 0.456 e. The van der Waals surface area contributed by atoms with Crippen LogP contribution in [0.25, 0.3) is 0 Å². The normalized spacial score (nSPS) is 17.9. The maximum absolute atomic E-state index is 11.9. The van der Waals surface area contributed by atoms with Gasteiger partial charge in [-0.2, -0.15) is 0 Å². The Bertz CT molecular complexity index is 375. The Labute approximate surface area is 95.2 Å². The van der Waals surface area contributed by atoms with Crippen molar-refractivity contribution in [3.05, 3.63) is 23.7 Å². The maximum atomic E-state index is 11.9. The van der Waals surface area contributed by atoms with Gasteiger partial charge >= 0.3 is 0 Å². The third kappa shape index (κ3) is 1.97. The molecule has 0 unspecified atom stereocenters. The molecular formula is C12H18N2O2. The van der Waals surface area contributed by atoms with Crippen LogP contribution in [0.4, 0.5) is 0 Å². The number of nitrogens with two attached hydrogens (primary N) is 1. The molecule has 2 rings (SSSR count). The second-order valence-corrected chi connectivity index (χ2v) is 4.41. The highest BCUT2D eigenvalue weighted by Crippen LogP contribution is 2.31. The minimum atomic E-state index is -0.184. The fourth-order valence-electron chi connectivity index (χ4n) is 1.98. The highest BCUT2D eigenvalue weighted by Gasteiger charge is 2.37. The van der Waals surface area contributed by atoms with Crippen LogP contribution in [-0.2, 0) is 6.42 Å². The molecule has 1 saturated carbocycles. The Balaban J connectivity index is 2.02. The fraction of sp³-hybridized carbons (Fsp3) is 0.583. The highest BCUT2D eigenvalue weighted by molar-refractivity contribution is 5.92. The lowest BCUT2D eigenvalue weighted by Gasteiger charge is -2.41. The van der Waals surface area contributed by atoms with Crippen LogP contribution in [0.3, 0.4) is 0 Å². The van der Waals surface area contributed by atoms with Gasteiger partial charge in [0.25, 0.3) is 5.91 Å². The van der Waals surface area contributed by atoms with E-state index in [0.717, 1.165) is 31.4 Å². The van der Waals surface area contributed by atoms with Crippen molar-refractivity contribution in [2.75, 3.05) is 6.54 Å². The lowest BCUT2D eigenvalue weighted by Crippen LogP contribution is -2.58. The topological polar surface area (TPSA) is 68.3 Å². The van der Waals surface area contributed by atoms with E-state index in [0.29, 0.717) is 12.3 Å². The van der Waals surface area contributed by atoms with E-state index in [1.165, 1.54) is 0 Å². The molecule has 1 fully saturated rings. The molecule has 3 N–H and O–H groups in total. The number of aryl methyl sites for hydroxylation is 1. The monoisotopic (exact) mass is 222 g/mol. The minimum absolute atomic E-state index is 0.148. The molecule has 1 aliphatic carbocycles. The van der Waals surface area contributed by atoms with Crippen LogP contribution < -0.4 is 11.1 Å². The van der Waals surface area contributed by atoms with E-state index < -0.39 is 0 Å². The molecule has 16 heavy (non-hydrogen) atoms. The van der Waals surface area contributed by atoms with Crippen molar-refractivity contribution >= 4 is 5.91 Å². The second kappa shape index (κ2) is 4.29. The van der Waals surface area contributed by atoms with Crippen molar-refractivity contribution in [1.29, 1.82) is 0 Å². The summed E-state index contributed by atoms with van der Waals surface area (Å²) in [5, 5.41) is 2.98. The first-order chi connectivity index (χ1) is 7.69. The number of rotatable bonds is 4. The molecule has 88 valence electrons. The smallest absolute Gasteiger partial charge is 0.287 e. The number of furan rings is 1. The number of nitrogens with one attached hydrogen (secondary N) is 1. The third-order valence-corrected chi connectivity index (χ3v) is 3.31. The summed E-state index contributed by atoms with van der Waals surface area (Å²) in [7, 11) is 0. The molecule has 0 aromatic carbocycles. The lowest BCUT2D eigenvalue weighted by atomic mass is 9.77. The van der Waals surface area contributed by atoms with Gasteiger partial charge in [0, 0.05) is 13.0 Å². The third-order valence-electron chi connectivity index (χ3n) is 3.31. The molecule has 0 atom stereocenters. The predicted octanol–water partition coefficient (Wildman–Crippen LogP) is 1.45. The number of carbonyl (C=O) groups excluding carboxylic acids is 1. The average Bonchev–Trinajstić information content (AvgIpc) is 2.71. The van der Waals surface area contributed by atoms with Crippen LogP contribution in [0.1, 0.15) is 42.5 Å². The van der Waals surface area contributed by atoms with Gasteiger partial charge in [0.2, 0.25) is 0 Å². The van der Waals surface area contributed by atoms with Crippen molar-refractivity contribution in [3.63, 3.8) is 0 Å². The summed E-state index contributed by atoms with van der Waals surface area (Å²) < 4.78 is 5.40. The quantitative estimate of drug-likeness (QED) is 0.810. The zero-order chi connectivity index (χ0) is 11.6. The Morgan fingerprint density at radius 3 is 2.75 bits per heavy atom. The molecular weight excluding hydrogens is 204 g/mol. The van der Waals surface area contributed by atoms with E-state index in [2.05, 4.69) is 5.32 Å². The number of carbonyl (C=O) groups is 1. The van der Waals surface area contributed by atoms with Crippen LogP contribution in [0.5, 0.6) is 0 Å². The van der Waals surface area contributed by atoms with Crippen LogP contribution in [0.15, 0.2) is 16.5 Å². The van der Waals surface area contributed by atoms with E-state index in [4.69, 9.17) is 10.2 Å². The van der Waals surface area contributed by atoms with Gasteiger partial charge in [-0.1, -0.05) is 6.92 Å². The molecule has 4 heteroatoms. The van der Waals surface area contributed by atoms with Crippen molar-refractivity contribution in [1.82, 2.24) is 5.32 Å². The highest BCUT2D eigenvalue weighted by atomic mass is 16.3. The van der Waals surface area contributed by atoms with Gasteiger partial charge in [0.15, 0.2) is 5.76 Å². The molecule has 1 amide bonds. The molecule has 1 aromatic heterocycles. The Hall–Kier alpha value is -1.29. The summed E-state index contributed by atoms with van der Waals surface area (Å²) in [4.78, 5) is 11.9. The van der Waals surface area contributed by atoms with Crippen molar-refractivity contribution in [2.24, 2.45) is 5.73 Å². The van der Waals surface area contributed by atoms with Crippen LogP contribution in [-0.4, -0.2) is 18.0 Å². The summed E-state index contributed by atoms with van der Waals surface area (Å²) in [5.74, 6) is 1.07. The number of hydrogen-bond donors (Lipinski definition) is 2. The average molecular weight is 222 g/mol. The van der Waals surface area contributed by atoms with Crippen LogP contribution in [0, 0.1) is 0 Å². The fourth-order valence-corrected chi connectivity index (χ4v) is 1.98. The van der Waals surface area contributed by atoms with Crippen molar-refractivity contribution < 1.29 is 9.21 Å². The standard InChI is InChI=1S/C12H18N2O2/c1-2-9-4-5-10(16-9)11(15)14-12(8-13)6-3-7-12/h4-5H,2-3,6-8,13H2,1H3,(H,14,15). The minimum Gasteiger partial charge on any atom is -0.456 e. The number of hydrogen-bond acceptors (Lipinski definition) is 3. The molecule has 0 saturated heterocycles. The summed E-state index contributed by atoms with van der Waals surface area (Å²) >= 11 is 0. The number of amides is 1. The second-order valence-electron chi connectivity index (χ2n) is 4.41. The van der Waals surface area contributed by atoms with Gasteiger partial charge in [-0.3, -0.25) is 4.79 Å². The molecule has 0 radical (unpaired) electrons. The van der Waals surface area contributed by atoms with E-state index in [-0.39, 0.29) is 11.4 Å². The molecule has 1 aromatic rings. The lowest BCUT2D eigenvalue weighted by molar-refractivity contribution is 0.0807. The summed E-state index contributed by atoms with van der Waals surface area (Å²) in [6.07, 6.45) is 3.87. The molecule has 1 aliphatic rings.